The molecule has 1 N–H and O–H groups in total. The summed E-state index contributed by atoms with van der Waals surface area (Å²) in [6.45, 7) is 4.19. The highest BCUT2D eigenvalue weighted by molar-refractivity contribution is 8.03. The van der Waals surface area contributed by atoms with E-state index in [1.54, 1.807) is 13.3 Å². The number of amidine groups is 1. The third-order valence-electron chi connectivity index (χ3n) is 5.49. The molecule has 0 spiro atoms. The number of aryl methyl sites for hydroxylation is 1. The predicted octanol–water partition coefficient (Wildman–Crippen LogP) is 3.70. The van der Waals surface area contributed by atoms with Crippen LogP contribution in [0.15, 0.2) is 39.7 Å². The minimum absolute atomic E-state index is 0.137. The maximum atomic E-state index is 13.0. The molecule has 31 heavy (non-hydrogen) atoms. The number of aliphatic imine (C=N–C) groups is 1. The third-order valence-corrected chi connectivity index (χ3v) is 6.70. The van der Waals surface area contributed by atoms with Gasteiger partial charge in [-0.15, -0.1) is 16.8 Å². The summed E-state index contributed by atoms with van der Waals surface area (Å²) in [7, 11) is 3.11. The highest BCUT2D eigenvalue weighted by Gasteiger charge is 2.48. The number of carbonyl (C=O) groups is 3. The van der Waals surface area contributed by atoms with Crippen molar-refractivity contribution in [1.29, 1.82) is 0 Å². The molecular formula is C23H29N4O3S+. The number of fused-ring (bicyclic) bond motifs is 1. The Bertz CT molecular complexity index is 979. The number of imide groups is 1. The number of carbonyl (C=O) groups excluding carboxylic acids is 3. The average Bonchev–Trinajstić information content (AvgIpc) is 2.78. The Balaban J connectivity index is 1.81. The Morgan fingerprint density at radius 1 is 1.23 bits per heavy atom. The number of benzene rings is 1. The van der Waals surface area contributed by atoms with Crippen LogP contribution in [-0.4, -0.2) is 59.2 Å². The monoisotopic (exact) mass is 441 g/mol. The average molecular weight is 442 g/mol. The van der Waals surface area contributed by atoms with Crippen molar-refractivity contribution in [1.82, 2.24) is 4.90 Å². The first kappa shape index (κ1) is 22.9. The van der Waals surface area contributed by atoms with Crippen LogP contribution >= 0.6 is 11.8 Å². The first-order chi connectivity index (χ1) is 14.9. The van der Waals surface area contributed by atoms with Gasteiger partial charge in [-0.2, -0.15) is 9.48 Å². The van der Waals surface area contributed by atoms with Crippen molar-refractivity contribution in [3.63, 3.8) is 0 Å². The van der Waals surface area contributed by atoms with Gasteiger partial charge in [-0.25, -0.2) is 4.79 Å². The summed E-state index contributed by atoms with van der Waals surface area (Å²) in [5.74, 6) is -0.492. The number of thioether (sulfide) groups is 1. The van der Waals surface area contributed by atoms with E-state index in [4.69, 9.17) is 0 Å². The molecule has 2 heterocycles. The molecule has 1 unspecified atom stereocenters. The Labute approximate surface area is 187 Å². The maximum Gasteiger partial charge on any atom is 0.445 e. The lowest BCUT2D eigenvalue weighted by molar-refractivity contribution is -0.407. The van der Waals surface area contributed by atoms with Gasteiger partial charge in [0.1, 0.15) is 6.21 Å². The van der Waals surface area contributed by atoms with E-state index in [2.05, 4.69) is 24.2 Å². The van der Waals surface area contributed by atoms with Gasteiger partial charge < -0.3 is 5.32 Å². The molecule has 2 aliphatic heterocycles. The van der Waals surface area contributed by atoms with Crippen molar-refractivity contribution in [2.24, 2.45) is 10.9 Å². The van der Waals surface area contributed by atoms with E-state index in [9.17, 15) is 14.4 Å². The maximum absolute atomic E-state index is 13.0. The Hall–Kier alpha value is -2.74. The SMILES string of the molecule is CCCCC1=C(SCC(=O)Nc2ccc(CC)cc2)C2C(=O)N(C)C(=O)[N+](C)=C2N=C1. The zero-order valence-electron chi connectivity index (χ0n) is 18.5. The Kier molecular flexibility index (Phi) is 7.43. The van der Waals surface area contributed by atoms with Crippen LogP contribution in [-0.2, 0) is 16.0 Å². The number of hydrogen-bond donors (Lipinski definition) is 1. The molecule has 0 aliphatic carbocycles. The van der Waals surface area contributed by atoms with E-state index < -0.39 is 11.9 Å². The number of unbranched alkanes of at least 4 members (excludes halogenated alkanes) is 1. The minimum Gasteiger partial charge on any atom is -0.325 e. The van der Waals surface area contributed by atoms with Crippen LogP contribution in [0.3, 0.4) is 0 Å². The van der Waals surface area contributed by atoms with Crippen molar-refractivity contribution in [2.75, 3.05) is 25.2 Å². The molecule has 4 amide bonds. The molecule has 3 rings (SSSR count). The molecule has 1 aromatic carbocycles. The molecule has 8 heteroatoms. The summed E-state index contributed by atoms with van der Waals surface area (Å²) < 4.78 is 1.41. The van der Waals surface area contributed by atoms with Crippen LogP contribution in [0.1, 0.15) is 38.7 Å². The number of amides is 4. The van der Waals surface area contributed by atoms with E-state index in [-0.39, 0.29) is 17.6 Å². The standard InChI is InChI=1S/C23H28N4O3S/c1-5-7-8-16-13-24-21-19(22(29)27(4)23(30)26(21)3)20(16)31-14-18(28)25-17-11-9-15(6-2)10-12-17/h9-13,19H,5-8,14H2,1-4H3/p+1. The van der Waals surface area contributed by atoms with E-state index in [0.29, 0.717) is 5.84 Å². The van der Waals surface area contributed by atoms with Gasteiger partial charge in [0.25, 0.3) is 5.84 Å². The first-order valence-electron chi connectivity index (χ1n) is 10.6. The van der Waals surface area contributed by atoms with Crippen molar-refractivity contribution in [3.8, 4) is 0 Å². The van der Waals surface area contributed by atoms with Gasteiger partial charge in [0.05, 0.1) is 19.8 Å². The molecular weight excluding hydrogens is 412 g/mol. The second-order valence-corrected chi connectivity index (χ2v) is 8.69. The van der Waals surface area contributed by atoms with Crippen LogP contribution in [0.2, 0.25) is 0 Å². The molecule has 0 bridgehead atoms. The second-order valence-electron chi connectivity index (χ2n) is 7.67. The predicted molar refractivity (Wildman–Crippen MR) is 125 cm³/mol. The number of anilines is 1. The highest BCUT2D eigenvalue weighted by Crippen LogP contribution is 2.36. The summed E-state index contributed by atoms with van der Waals surface area (Å²) in [6.07, 6.45) is 5.44. The van der Waals surface area contributed by atoms with Gasteiger partial charge in [-0.3, -0.25) is 9.59 Å². The molecule has 0 saturated heterocycles. The summed E-state index contributed by atoms with van der Waals surface area (Å²) in [5.41, 5.74) is 2.92. The molecule has 0 radical (unpaired) electrons. The molecule has 7 nitrogen and oxygen atoms in total. The number of urea groups is 1. The van der Waals surface area contributed by atoms with E-state index in [1.165, 1.54) is 28.9 Å². The Morgan fingerprint density at radius 3 is 2.58 bits per heavy atom. The van der Waals surface area contributed by atoms with Crippen molar-refractivity contribution in [2.45, 2.75) is 39.5 Å². The van der Waals surface area contributed by atoms with Crippen molar-refractivity contribution in [3.05, 3.63) is 40.3 Å². The number of rotatable bonds is 8. The van der Waals surface area contributed by atoms with Gasteiger partial charge in [-0.1, -0.05) is 32.4 Å². The molecule has 1 atom stereocenters. The topological polar surface area (TPSA) is 81.9 Å². The number of nitrogens with zero attached hydrogens (tertiary/aromatic N) is 3. The summed E-state index contributed by atoms with van der Waals surface area (Å²) in [6, 6.07) is 7.38. The first-order valence-corrected chi connectivity index (χ1v) is 11.6. The van der Waals surface area contributed by atoms with E-state index in [0.717, 1.165) is 46.7 Å². The number of allylic oxidation sites excluding steroid dienone is 1. The fraction of sp³-hybridized carbons (Fsp3) is 0.435. The fourth-order valence-electron chi connectivity index (χ4n) is 3.59. The quantitative estimate of drug-likeness (QED) is 0.624. The molecule has 1 aromatic rings. The van der Waals surface area contributed by atoms with E-state index >= 15 is 0 Å². The largest absolute Gasteiger partial charge is 0.445 e. The lowest BCUT2D eigenvalue weighted by atomic mass is 9.96. The van der Waals surface area contributed by atoms with Crippen molar-refractivity contribution >= 4 is 47.3 Å². The zero-order valence-corrected chi connectivity index (χ0v) is 19.3. The van der Waals surface area contributed by atoms with Crippen LogP contribution in [0, 0.1) is 5.92 Å². The summed E-state index contributed by atoms with van der Waals surface area (Å²) in [5, 5.41) is 2.92. The van der Waals surface area contributed by atoms with Gasteiger partial charge in [0, 0.05) is 10.6 Å². The van der Waals surface area contributed by atoms with Crippen LogP contribution in [0.25, 0.3) is 0 Å². The molecule has 0 aromatic heterocycles. The third kappa shape index (κ3) is 4.95. The summed E-state index contributed by atoms with van der Waals surface area (Å²) in [4.78, 5) is 44.3. The summed E-state index contributed by atoms with van der Waals surface area (Å²) >= 11 is 1.36. The number of dihydropyridines is 1. The number of nitrogens with one attached hydrogen (secondary N) is 1. The normalized spacial score (nSPS) is 18.6. The van der Waals surface area contributed by atoms with Crippen molar-refractivity contribution < 1.29 is 19.0 Å². The van der Waals surface area contributed by atoms with Gasteiger partial charge in [0.2, 0.25) is 5.91 Å². The smallest absolute Gasteiger partial charge is 0.325 e. The fourth-order valence-corrected chi connectivity index (χ4v) is 4.67. The van der Waals surface area contributed by atoms with Crippen LogP contribution in [0.5, 0.6) is 0 Å². The minimum atomic E-state index is -0.647. The lowest BCUT2D eigenvalue weighted by Crippen LogP contribution is -2.52. The van der Waals surface area contributed by atoms with Crippen LogP contribution in [0.4, 0.5) is 10.5 Å². The Morgan fingerprint density at radius 2 is 1.94 bits per heavy atom. The molecule has 2 aliphatic rings. The van der Waals surface area contributed by atoms with Gasteiger partial charge in [0.15, 0.2) is 5.92 Å². The van der Waals surface area contributed by atoms with Crippen LogP contribution < -0.4 is 5.32 Å². The number of hydrogen-bond acceptors (Lipinski definition) is 5. The van der Waals surface area contributed by atoms with Gasteiger partial charge >= 0.3 is 11.9 Å². The molecule has 164 valence electrons. The molecule has 0 fully saturated rings. The molecule has 0 saturated carbocycles. The second kappa shape index (κ2) is 10.0. The zero-order chi connectivity index (χ0) is 22.5. The van der Waals surface area contributed by atoms with E-state index in [1.807, 2.05) is 24.3 Å². The lowest BCUT2D eigenvalue weighted by Gasteiger charge is -2.28. The van der Waals surface area contributed by atoms with Gasteiger partial charge in [-0.05, 0) is 42.5 Å². The highest BCUT2D eigenvalue weighted by atomic mass is 32.2.